The largest absolute Gasteiger partial charge is 0.450 e. The Kier molecular flexibility index (Phi) is 4.44. The molecule has 0 saturated carbocycles. The first kappa shape index (κ1) is 18.6. The Balaban J connectivity index is 1.75. The lowest BCUT2D eigenvalue weighted by Crippen LogP contribution is -2.29. The first-order valence-electron chi connectivity index (χ1n) is 9.71. The van der Waals surface area contributed by atoms with Gasteiger partial charge in [-0.1, -0.05) is 72.3 Å². The summed E-state index contributed by atoms with van der Waals surface area (Å²) in [6.07, 6.45) is 0. The Morgan fingerprint density at radius 1 is 0.967 bits per heavy atom. The molecule has 1 aliphatic heterocycles. The van der Waals surface area contributed by atoms with E-state index < -0.39 is 6.04 Å². The van der Waals surface area contributed by atoms with E-state index in [4.69, 9.17) is 16.0 Å². The van der Waals surface area contributed by atoms with Crippen LogP contribution in [0.25, 0.3) is 11.0 Å². The van der Waals surface area contributed by atoms with Crippen molar-refractivity contribution in [3.05, 3.63) is 116 Å². The highest BCUT2D eigenvalue weighted by Gasteiger charge is 2.42. The first-order chi connectivity index (χ1) is 14.5. The Hall–Kier alpha value is -3.37. The molecule has 2 heterocycles. The van der Waals surface area contributed by atoms with E-state index in [-0.39, 0.29) is 17.1 Å². The van der Waals surface area contributed by atoms with E-state index in [1.165, 1.54) is 0 Å². The SMILES string of the molecule is Cc1cc2oc3c(c(=O)c2cc1Cl)C(c1ccccc1)N(Cc1ccccc1)C3=O. The molecule has 4 nitrogen and oxygen atoms in total. The summed E-state index contributed by atoms with van der Waals surface area (Å²) in [5.74, 6) is -0.173. The minimum Gasteiger partial charge on any atom is -0.450 e. The monoisotopic (exact) mass is 415 g/mol. The molecule has 1 atom stereocenters. The van der Waals surface area contributed by atoms with Crippen molar-refractivity contribution < 1.29 is 9.21 Å². The third-order valence-corrected chi connectivity index (χ3v) is 5.97. The number of rotatable bonds is 3. The van der Waals surface area contributed by atoms with Gasteiger partial charge in [0.2, 0.25) is 5.76 Å². The average Bonchev–Trinajstić information content (AvgIpc) is 3.03. The van der Waals surface area contributed by atoms with Gasteiger partial charge in [0, 0.05) is 11.6 Å². The number of aryl methyl sites for hydroxylation is 1. The van der Waals surface area contributed by atoms with Gasteiger partial charge in [-0.05, 0) is 35.7 Å². The normalized spacial score (nSPS) is 15.6. The third-order valence-electron chi connectivity index (χ3n) is 5.56. The standard InChI is InChI=1S/C25H18ClNO3/c1-15-12-20-18(13-19(15)26)23(28)21-22(17-10-6-3-7-11-17)27(25(29)24(21)30-20)14-16-8-4-2-5-9-16/h2-13,22H,14H2,1H3. The Bertz CT molecular complexity index is 1330. The summed E-state index contributed by atoms with van der Waals surface area (Å²) >= 11 is 6.27. The van der Waals surface area contributed by atoms with Gasteiger partial charge in [0.1, 0.15) is 5.58 Å². The third kappa shape index (κ3) is 2.92. The Morgan fingerprint density at radius 3 is 2.33 bits per heavy atom. The number of amides is 1. The highest BCUT2D eigenvalue weighted by molar-refractivity contribution is 6.32. The molecule has 0 radical (unpaired) electrons. The molecular weight excluding hydrogens is 398 g/mol. The number of carbonyl (C=O) groups is 1. The van der Waals surface area contributed by atoms with Crippen LogP contribution in [-0.4, -0.2) is 10.8 Å². The highest BCUT2D eigenvalue weighted by atomic mass is 35.5. The number of nitrogens with zero attached hydrogens (tertiary/aromatic N) is 1. The molecule has 30 heavy (non-hydrogen) atoms. The number of halogens is 1. The van der Waals surface area contributed by atoms with E-state index >= 15 is 0 Å². The fourth-order valence-corrected chi connectivity index (χ4v) is 4.23. The van der Waals surface area contributed by atoms with Crippen LogP contribution >= 0.6 is 11.6 Å². The molecule has 1 aromatic heterocycles. The van der Waals surface area contributed by atoms with Crippen molar-refractivity contribution >= 4 is 28.5 Å². The number of hydrogen-bond acceptors (Lipinski definition) is 3. The van der Waals surface area contributed by atoms with Crippen molar-refractivity contribution in [2.45, 2.75) is 19.5 Å². The maximum absolute atomic E-state index is 13.5. The van der Waals surface area contributed by atoms with Crippen LogP contribution in [0.3, 0.4) is 0 Å². The molecule has 0 bridgehead atoms. The fraction of sp³-hybridized carbons (Fsp3) is 0.120. The van der Waals surface area contributed by atoms with Gasteiger partial charge in [0.05, 0.1) is 17.0 Å². The van der Waals surface area contributed by atoms with Gasteiger partial charge in [0.15, 0.2) is 5.43 Å². The van der Waals surface area contributed by atoms with E-state index in [1.807, 2.05) is 67.6 Å². The first-order valence-corrected chi connectivity index (χ1v) is 10.1. The van der Waals surface area contributed by atoms with Crippen molar-refractivity contribution in [3.63, 3.8) is 0 Å². The molecule has 0 saturated heterocycles. The van der Waals surface area contributed by atoms with Gasteiger partial charge < -0.3 is 9.32 Å². The number of hydrogen-bond donors (Lipinski definition) is 0. The van der Waals surface area contributed by atoms with E-state index in [9.17, 15) is 9.59 Å². The smallest absolute Gasteiger partial charge is 0.291 e. The molecule has 0 N–H and O–H groups in total. The summed E-state index contributed by atoms with van der Waals surface area (Å²) in [5, 5.41) is 0.885. The topological polar surface area (TPSA) is 50.5 Å². The molecule has 4 aromatic rings. The van der Waals surface area contributed by atoms with Gasteiger partial charge in [0.25, 0.3) is 5.91 Å². The molecule has 148 valence electrons. The predicted molar refractivity (Wildman–Crippen MR) is 117 cm³/mol. The van der Waals surface area contributed by atoms with Crippen LogP contribution in [0.2, 0.25) is 5.02 Å². The summed E-state index contributed by atoms with van der Waals surface area (Å²) < 4.78 is 6.00. The van der Waals surface area contributed by atoms with Crippen LogP contribution < -0.4 is 5.43 Å². The van der Waals surface area contributed by atoms with Gasteiger partial charge in [-0.3, -0.25) is 9.59 Å². The van der Waals surface area contributed by atoms with Crippen molar-refractivity contribution in [1.29, 1.82) is 0 Å². The summed E-state index contributed by atoms with van der Waals surface area (Å²) in [5.41, 5.74) is 3.17. The van der Waals surface area contributed by atoms with E-state index in [0.29, 0.717) is 28.1 Å². The van der Waals surface area contributed by atoms with Gasteiger partial charge >= 0.3 is 0 Å². The molecule has 1 amide bonds. The van der Waals surface area contributed by atoms with E-state index in [1.54, 1.807) is 17.0 Å². The zero-order valence-corrected chi connectivity index (χ0v) is 17.0. The summed E-state index contributed by atoms with van der Waals surface area (Å²) in [6.45, 7) is 2.21. The lowest BCUT2D eigenvalue weighted by molar-refractivity contribution is 0.0714. The maximum Gasteiger partial charge on any atom is 0.291 e. The summed E-state index contributed by atoms with van der Waals surface area (Å²) in [6, 6.07) is 22.1. The lowest BCUT2D eigenvalue weighted by atomic mass is 9.98. The van der Waals surface area contributed by atoms with Crippen LogP contribution in [0.5, 0.6) is 0 Å². The predicted octanol–water partition coefficient (Wildman–Crippen LogP) is 5.50. The lowest BCUT2D eigenvalue weighted by Gasteiger charge is -2.25. The molecule has 0 aliphatic carbocycles. The number of fused-ring (bicyclic) bond motifs is 2. The van der Waals surface area contributed by atoms with Crippen LogP contribution in [0.15, 0.2) is 82.0 Å². The molecule has 0 spiro atoms. The quantitative estimate of drug-likeness (QED) is 0.444. The molecule has 1 aliphatic rings. The summed E-state index contributed by atoms with van der Waals surface area (Å²) in [4.78, 5) is 28.6. The number of carbonyl (C=O) groups excluding carboxylic acids is 1. The fourth-order valence-electron chi connectivity index (χ4n) is 4.07. The molecule has 1 unspecified atom stereocenters. The van der Waals surface area contributed by atoms with Gasteiger partial charge in [-0.2, -0.15) is 0 Å². The minimum atomic E-state index is -0.519. The zero-order valence-electron chi connectivity index (χ0n) is 16.3. The molecule has 5 heteroatoms. The minimum absolute atomic E-state index is 0.110. The van der Waals surface area contributed by atoms with Crippen molar-refractivity contribution in [2.24, 2.45) is 0 Å². The average molecular weight is 416 g/mol. The van der Waals surface area contributed by atoms with Crippen molar-refractivity contribution in [1.82, 2.24) is 4.90 Å². The highest BCUT2D eigenvalue weighted by Crippen LogP contribution is 2.39. The Labute approximate surface area is 178 Å². The van der Waals surface area contributed by atoms with Crippen LogP contribution in [0.4, 0.5) is 0 Å². The van der Waals surface area contributed by atoms with E-state index in [0.717, 1.165) is 16.7 Å². The Morgan fingerprint density at radius 2 is 1.63 bits per heavy atom. The van der Waals surface area contributed by atoms with Gasteiger partial charge in [-0.15, -0.1) is 0 Å². The van der Waals surface area contributed by atoms with Crippen molar-refractivity contribution in [2.75, 3.05) is 0 Å². The zero-order chi connectivity index (χ0) is 20.8. The van der Waals surface area contributed by atoms with Gasteiger partial charge in [-0.25, -0.2) is 0 Å². The molecule has 0 fully saturated rings. The second-order valence-electron chi connectivity index (χ2n) is 7.50. The maximum atomic E-state index is 13.5. The molecule has 5 rings (SSSR count). The second kappa shape index (κ2) is 7.15. The van der Waals surface area contributed by atoms with Crippen molar-refractivity contribution in [3.8, 4) is 0 Å². The molecular formula is C25H18ClNO3. The second-order valence-corrected chi connectivity index (χ2v) is 7.91. The van der Waals surface area contributed by atoms with Crippen LogP contribution in [0, 0.1) is 6.92 Å². The van der Waals surface area contributed by atoms with E-state index in [2.05, 4.69) is 0 Å². The summed E-state index contributed by atoms with van der Waals surface area (Å²) in [7, 11) is 0. The van der Waals surface area contributed by atoms with Crippen LogP contribution in [-0.2, 0) is 6.54 Å². The molecule has 3 aromatic carbocycles. The van der Waals surface area contributed by atoms with Crippen LogP contribution in [0.1, 0.15) is 38.9 Å². The number of benzene rings is 3.